The number of unbranched alkanes of at least 4 members (excludes halogenated alkanes) is 18. The van der Waals surface area contributed by atoms with Gasteiger partial charge in [0.05, 0.1) is 34.4 Å². The smallest absolute Gasteiger partial charge is 0.457 e. The third-order valence-electron chi connectivity index (χ3n) is 10.4. The van der Waals surface area contributed by atoms with E-state index in [0.717, 1.165) is 77.0 Å². The van der Waals surface area contributed by atoms with Crippen molar-refractivity contribution in [3.63, 3.8) is 0 Å². The van der Waals surface area contributed by atoms with Crippen molar-refractivity contribution in [2.75, 3.05) is 54.1 Å². The van der Waals surface area contributed by atoms with Crippen LogP contribution in [0.3, 0.4) is 0 Å². The van der Waals surface area contributed by atoms with E-state index in [1.807, 2.05) is 21.1 Å². The molecule has 0 aromatic rings. The molecule has 0 aromatic heterocycles. The first-order valence-electron chi connectivity index (χ1n) is 25.3. The molecule has 9 heteroatoms. The molecule has 0 aliphatic heterocycles. The summed E-state index contributed by atoms with van der Waals surface area (Å²) in [4.78, 5) is 23.0. The Kier molecular flexibility index (Phi) is 44.5. The largest absolute Gasteiger partial charge is 0.472 e. The van der Waals surface area contributed by atoms with Crippen molar-refractivity contribution in [1.82, 2.24) is 0 Å². The topological polar surface area (TPSA) is 91.3 Å². The van der Waals surface area contributed by atoms with Crippen LogP contribution in [-0.4, -0.2) is 75.6 Å². The van der Waals surface area contributed by atoms with Crippen molar-refractivity contribution in [3.05, 3.63) is 85.1 Å². The van der Waals surface area contributed by atoms with Gasteiger partial charge in [0.2, 0.25) is 0 Å². The molecule has 0 aliphatic carbocycles. The molecule has 2 unspecified atom stereocenters. The summed E-state index contributed by atoms with van der Waals surface area (Å²) in [6, 6.07) is 0. The van der Waals surface area contributed by atoms with Gasteiger partial charge in [0.15, 0.2) is 0 Å². The predicted octanol–water partition coefficient (Wildman–Crippen LogP) is 15.6. The highest BCUT2D eigenvalue weighted by Crippen LogP contribution is 2.43. The molecule has 0 amide bonds. The summed E-state index contributed by atoms with van der Waals surface area (Å²) >= 11 is 0. The Labute approximate surface area is 388 Å². The maximum absolute atomic E-state index is 12.8. The monoisotopic (exact) mass is 903 g/mol. The highest BCUT2D eigenvalue weighted by Gasteiger charge is 2.26. The minimum Gasteiger partial charge on any atom is -0.457 e. The predicted molar refractivity (Wildman–Crippen MR) is 270 cm³/mol. The molecule has 364 valence electrons. The minimum absolute atomic E-state index is 0.0806. The fourth-order valence-electron chi connectivity index (χ4n) is 6.55. The highest BCUT2D eigenvalue weighted by atomic mass is 31.2. The summed E-state index contributed by atoms with van der Waals surface area (Å²) in [7, 11) is 1.64. The van der Waals surface area contributed by atoms with E-state index in [1.54, 1.807) is 0 Å². The molecule has 0 saturated carbocycles. The lowest BCUT2D eigenvalue weighted by molar-refractivity contribution is -0.870. The van der Waals surface area contributed by atoms with Gasteiger partial charge in [-0.1, -0.05) is 182 Å². The SMILES string of the molecule is CC/C=C\C/C=C\C/C=C\C/C=C\C/C=C\CCCCCCCCCC(=O)OC(COCCCCCCCCCC/C=C\C/C=C\CCCCC)COP(=O)(O)OCC[N+](C)(C)C. The van der Waals surface area contributed by atoms with Crippen LogP contribution in [-0.2, 0) is 27.9 Å². The van der Waals surface area contributed by atoms with Crippen LogP contribution in [0.25, 0.3) is 0 Å². The molecule has 0 bridgehead atoms. The molecule has 8 nitrogen and oxygen atoms in total. The Hall–Kier alpha value is -2.32. The molecule has 0 aromatic carbocycles. The number of carbonyl (C=O) groups is 1. The molecule has 1 N–H and O–H groups in total. The van der Waals surface area contributed by atoms with E-state index in [1.165, 1.54) is 96.3 Å². The van der Waals surface area contributed by atoms with Gasteiger partial charge in [-0.05, 0) is 89.9 Å². The van der Waals surface area contributed by atoms with Gasteiger partial charge in [-0.15, -0.1) is 0 Å². The molecule has 0 aliphatic rings. The Morgan fingerprint density at radius 1 is 0.508 bits per heavy atom. The van der Waals surface area contributed by atoms with E-state index >= 15 is 0 Å². The molecule has 2 atom stereocenters. The number of allylic oxidation sites excluding steroid dienone is 14. The lowest BCUT2D eigenvalue weighted by Crippen LogP contribution is -2.37. The third kappa shape index (κ3) is 50.5. The minimum atomic E-state index is -4.29. The van der Waals surface area contributed by atoms with Crippen LogP contribution in [0.4, 0.5) is 0 Å². The van der Waals surface area contributed by atoms with E-state index < -0.39 is 13.9 Å². The number of quaternary nitrogens is 1. The second kappa shape index (κ2) is 46.2. The zero-order chi connectivity index (χ0) is 46.2. The van der Waals surface area contributed by atoms with Crippen LogP contribution in [0.2, 0.25) is 0 Å². The van der Waals surface area contributed by atoms with Crippen molar-refractivity contribution < 1.29 is 37.3 Å². The number of ether oxygens (including phenoxy) is 2. The van der Waals surface area contributed by atoms with Gasteiger partial charge in [-0.2, -0.15) is 0 Å². The summed E-state index contributed by atoms with van der Waals surface area (Å²) in [5, 5.41) is 0. The van der Waals surface area contributed by atoms with E-state index in [2.05, 4.69) is 98.9 Å². The normalized spacial score (nSPS) is 14.3. The van der Waals surface area contributed by atoms with Crippen LogP contribution in [0.15, 0.2) is 85.1 Å². The Morgan fingerprint density at radius 3 is 1.38 bits per heavy atom. The van der Waals surface area contributed by atoms with E-state index in [9.17, 15) is 14.3 Å². The number of carbonyl (C=O) groups excluding carboxylic acids is 1. The Bertz CT molecular complexity index is 1280. The van der Waals surface area contributed by atoms with Crippen molar-refractivity contribution in [1.29, 1.82) is 0 Å². The summed E-state index contributed by atoms with van der Waals surface area (Å²) in [5.41, 5.74) is 0. The number of hydrogen-bond acceptors (Lipinski definition) is 6. The first-order chi connectivity index (χ1) is 30.6. The standard InChI is InChI=1S/C54H96NO7P/c1-6-8-10-12-14-16-18-20-22-24-26-27-28-29-30-31-33-35-37-39-41-43-45-47-54(56)62-53(52-61-63(57,58)60-50-48-55(3,4)5)51-59-49-46-44-42-40-38-36-34-32-25-23-21-19-17-15-13-11-9-7-2/h8,10,14-17,20-23,26-27,29-30,53H,6-7,9,11-13,18-19,24-25,28,31-52H2,1-5H3/p+1/b10-8-,16-14-,17-15-,22-20-,23-21-,27-26-,30-29-. The maximum atomic E-state index is 12.8. The average molecular weight is 903 g/mol. The van der Waals surface area contributed by atoms with Crippen LogP contribution in [0.5, 0.6) is 0 Å². The van der Waals surface area contributed by atoms with Crippen molar-refractivity contribution >= 4 is 13.8 Å². The molecule has 0 radical (unpaired) electrons. The summed E-state index contributed by atoms with van der Waals surface area (Å²) in [6.07, 6.45) is 61.9. The Balaban J connectivity index is 4.21. The number of nitrogens with zero attached hydrogens (tertiary/aromatic N) is 1. The number of esters is 1. The van der Waals surface area contributed by atoms with Gasteiger partial charge in [0, 0.05) is 13.0 Å². The zero-order valence-corrected chi connectivity index (χ0v) is 42.2. The van der Waals surface area contributed by atoms with E-state index in [4.69, 9.17) is 18.5 Å². The van der Waals surface area contributed by atoms with Gasteiger partial charge in [0.25, 0.3) is 0 Å². The van der Waals surface area contributed by atoms with Gasteiger partial charge in [-0.25, -0.2) is 4.57 Å². The molecule has 63 heavy (non-hydrogen) atoms. The molecular formula is C54H97NO7P+. The van der Waals surface area contributed by atoms with Crippen LogP contribution < -0.4 is 0 Å². The number of hydrogen-bond donors (Lipinski definition) is 1. The number of rotatable bonds is 46. The first kappa shape index (κ1) is 60.7. The lowest BCUT2D eigenvalue weighted by atomic mass is 10.1. The highest BCUT2D eigenvalue weighted by molar-refractivity contribution is 7.47. The Morgan fingerprint density at radius 2 is 0.921 bits per heavy atom. The first-order valence-corrected chi connectivity index (χ1v) is 26.8. The lowest BCUT2D eigenvalue weighted by Gasteiger charge is -2.24. The van der Waals surface area contributed by atoms with Crippen molar-refractivity contribution in [2.24, 2.45) is 0 Å². The quantitative estimate of drug-likeness (QED) is 0.0214. The van der Waals surface area contributed by atoms with E-state index in [-0.39, 0.29) is 25.8 Å². The fraction of sp³-hybridized carbons (Fsp3) is 0.722. The summed E-state index contributed by atoms with van der Waals surface area (Å²) in [5.74, 6) is -0.329. The van der Waals surface area contributed by atoms with Crippen molar-refractivity contribution in [3.8, 4) is 0 Å². The second-order valence-electron chi connectivity index (χ2n) is 17.8. The fourth-order valence-corrected chi connectivity index (χ4v) is 7.29. The average Bonchev–Trinajstić information content (AvgIpc) is 3.24. The van der Waals surface area contributed by atoms with Gasteiger partial charge >= 0.3 is 13.8 Å². The molecule has 0 saturated heterocycles. The molecular weight excluding hydrogens is 806 g/mol. The van der Waals surface area contributed by atoms with Crippen molar-refractivity contribution in [2.45, 2.75) is 200 Å². The van der Waals surface area contributed by atoms with Gasteiger partial charge in [-0.3, -0.25) is 13.8 Å². The zero-order valence-electron chi connectivity index (χ0n) is 41.3. The summed E-state index contributed by atoms with van der Waals surface area (Å²) < 4.78 is 35.1. The molecule has 0 heterocycles. The summed E-state index contributed by atoms with van der Waals surface area (Å²) in [6.45, 7) is 5.45. The third-order valence-corrected chi connectivity index (χ3v) is 11.4. The molecule has 0 spiro atoms. The number of likely N-dealkylation sites (N-methyl/N-ethyl adjacent to an activating group) is 1. The molecule has 0 rings (SSSR count). The van der Waals surface area contributed by atoms with Crippen LogP contribution in [0, 0.1) is 0 Å². The maximum Gasteiger partial charge on any atom is 0.472 e. The number of phosphoric ester groups is 1. The van der Waals surface area contributed by atoms with Gasteiger partial charge < -0.3 is 18.9 Å². The molecule has 0 fully saturated rings. The van der Waals surface area contributed by atoms with Crippen LogP contribution >= 0.6 is 7.82 Å². The van der Waals surface area contributed by atoms with E-state index in [0.29, 0.717) is 24.1 Å². The number of phosphoric acid groups is 1. The van der Waals surface area contributed by atoms with Gasteiger partial charge in [0.1, 0.15) is 19.3 Å². The van der Waals surface area contributed by atoms with Crippen LogP contribution in [0.1, 0.15) is 194 Å². The second-order valence-corrected chi connectivity index (χ2v) is 19.3.